The van der Waals surface area contributed by atoms with Crippen LogP contribution in [0.15, 0.2) is 29.6 Å². The Labute approximate surface area is 123 Å². The topological polar surface area (TPSA) is 42.0 Å². The lowest BCUT2D eigenvalue weighted by Gasteiger charge is -2.09. The largest absolute Gasteiger partial charge is 0.416 e. The van der Waals surface area contributed by atoms with Crippen molar-refractivity contribution in [1.82, 2.24) is 4.98 Å². The summed E-state index contributed by atoms with van der Waals surface area (Å²) in [6.45, 7) is 1.87. The predicted octanol–water partition coefficient (Wildman–Crippen LogP) is 4.04. The number of hydrogen-bond donors (Lipinski definition) is 1. The molecule has 1 aromatic heterocycles. The number of anilines is 1. The molecule has 7 heteroatoms. The second kappa shape index (κ2) is 6.26. The monoisotopic (exact) mass is 314 g/mol. The molecule has 0 aliphatic carbocycles. The van der Waals surface area contributed by atoms with Gasteiger partial charge in [-0.1, -0.05) is 6.07 Å². The third kappa shape index (κ3) is 4.56. The molecule has 1 aromatic carbocycles. The van der Waals surface area contributed by atoms with Gasteiger partial charge in [-0.25, -0.2) is 4.98 Å². The molecule has 0 radical (unpaired) electrons. The molecule has 1 N–H and O–H groups in total. The van der Waals surface area contributed by atoms with Gasteiger partial charge < -0.3 is 5.32 Å². The third-order valence-corrected chi connectivity index (χ3v) is 3.57. The minimum atomic E-state index is -4.42. The van der Waals surface area contributed by atoms with Crippen LogP contribution in [0.2, 0.25) is 0 Å². The molecule has 3 nitrogen and oxygen atoms in total. The number of aryl methyl sites for hydroxylation is 2. The zero-order chi connectivity index (χ0) is 15.5. The molecule has 1 amide bonds. The van der Waals surface area contributed by atoms with E-state index in [1.807, 2.05) is 12.3 Å². The lowest BCUT2D eigenvalue weighted by Crippen LogP contribution is -2.13. The Morgan fingerprint density at radius 1 is 1.38 bits per heavy atom. The van der Waals surface area contributed by atoms with E-state index in [-0.39, 0.29) is 18.0 Å². The van der Waals surface area contributed by atoms with E-state index in [0.29, 0.717) is 6.42 Å². The third-order valence-electron chi connectivity index (χ3n) is 2.75. The first kappa shape index (κ1) is 15.5. The molecule has 0 saturated heterocycles. The number of nitrogens with one attached hydrogen (secondary N) is 1. The molecule has 0 fully saturated rings. The Kier molecular flexibility index (Phi) is 4.62. The van der Waals surface area contributed by atoms with Crippen LogP contribution >= 0.6 is 11.3 Å². The number of nitrogens with zero attached hydrogens (tertiary/aromatic N) is 1. The van der Waals surface area contributed by atoms with E-state index in [1.54, 1.807) is 0 Å². The van der Waals surface area contributed by atoms with Crippen LogP contribution < -0.4 is 5.32 Å². The molecule has 2 aromatic rings. The fraction of sp³-hybridized carbons (Fsp3) is 0.286. The standard InChI is InChI=1S/C14H13F3N2OS/c1-9-18-12(8-21-9)5-6-13(20)19-11-4-2-3-10(7-11)14(15,16)17/h2-4,7-8H,5-6H2,1H3,(H,19,20). The van der Waals surface area contributed by atoms with Crippen LogP contribution in [-0.2, 0) is 17.4 Å². The first-order valence-electron chi connectivity index (χ1n) is 6.23. The van der Waals surface area contributed by atoms with Crippen molar-refractivity contribution in [3.05, 3.63) is 45.9 Å². The zero-order valence-electron chi connectivity index (χ0n) is 11.2. The van der Waals surface area contributed by atoms with Crippen molar-refractivity contribution in [1.29, 1.82) is 0 Å². The van der Waals surface area contributed by atoms with Gasteiger partial charge in [-0.3, -0.25) is 4.79 Å². The van der Waals surface area contributed by atoms with Gasteiger partial charge in [0.1, 0.15) is 0 Å². The Morgan fingerprint density at radius 2 is 2.14 bits per heavy atom. The van der Waals surface area contributed by atoms with Crippen LogP contribution in [0.4, 0.5) is 18.9 Å². The fourth-order valence-corrected chi connectivity index (χ4v) is 2.41. The van der Waals surface area contributed by atoms with Crippen molar-refractivity contribution in [3.8, 4) is 0 Å². The lowest BCUT2D eigenvalue weighted by atomic mass is 10.2. The number of rotatable bonds is 4. The van der Waals surface area contributed by atoms with E-state index >= 15 is 0 Å². The summed E-state index contributed by atoms with van der Waals surface area (Å²) in [5.74, 6) is -0.333. The van der Waals surface area contributed by atoms with Crippen molar-refractivity contribution in [2.75, 3.05) is 5.32 Å². The number of hydrogen-bond acceptors (Lipinski definition) is 3. The number of halogens is 3. The highest BCUT2D eigenvalue weighted by atomic mass is 32.1. The molecule has 1 heterocycles. The molecular formula is C14H13F3N2OS. The number of amides is 1. The van der Waals surface area contributed by atoms with Crippen LogP contribution in [0.1, 0.15) is 22.7 Å². The number of benzene rings is 1. The maximum atomic E-state index is 12.6. The molecule has 0 bridgehead atoms. The summed E-state index contributed by atoms with van der Waals surface area (Å²) < 4.78 is 37.7. The SMILES string of the molecule is Cc1nc(CCC(=O)Nc2cccc(C(F)(F)F)c2)cs1. The molecule has 0 aliphatic rings. The van der Waals surface area contributed by atoms with E-state index in [4.69, 9.17) is 0 Å². The van der Waals surface area contributed by atoms with E-state index < -0.39 is 11.7 Å². The summed E-state index contributed by atoms with van der Waals surface area (Å²) in [5.41, 5.74) is 0.177. The molecular weight excluding hydrogens is 301 g/mol. The summed E-state index contributed by atoms with van der Waals surface area (Å²) in [7, 11) is 0. The van der Waals surface area contributed by atoms with E-state index in [9.17, 15) is 18.0 Å². The van der Waals surface area contributed by atoms with Crippen molar-refractivity contribution in [2.45, 2.75) is 25.9 Å². The van der Waals surface area contributed by atoms with E-state index in [1.165, 1.54) is 23.5 Å². The van der Waals surface area contributed by atoms with Gasteiger partial charge in [0.2, 0.25) is 5.91 Å². The van der Waals surface area contributed by atoms with Crippen LogP contribution in [0.25, 0.3) is 0 Å². The summed E-state index contributed by atoms with van der Waals surface area (Å²) in [6.07, 6.45) is -3.77. The quantitative estimate of drug-likeness (QED) is 0.925. The number of aromatic nitrogens is 1. The molecule has 21 heavy (non-hydrogen) atoms. The first-order valence-corrected chi connectivity index (χ1v) is 7.10. The van der Waals surface area contributed by atoms with Gasteiger partial charge >= 0.3 is 6.18 Å². The number of thiazole rings is 1. The second-order valence-corrected chi connectivity index (χ2v) is 5.55. The minimum absolute atomic E-state index is 0.143. The summed E-state index contributed by atoms with van der Waals surface area (Å²) >= 11 is 1.50. The average molecular weight is 314 g/mol. The molecule has 0 unspecified atom stereocenters. The summed E-state index contributed by atoms with van der Waals surface area (Å²) in [5, 5.41) is 5.26. The van der Waals surface area contributed by atoms with Crippen molar-refractivity contribution in [2.24, 2.45) is 0 Å². The van der Waals surface area contributed by atoms with Gasteiger partial charge in [-0.15, -0.1) is 11.3 Å². The van der Waals surface area contributed by atoms with Gasteiger partial charge in [0.05, 0.1) is 16.3 Å². The van der Waals surface area contributed by atoms with Gasteiger partial charge in [0.25, 0.3) is 0 Å². The number of alkyl halides is 3. The van der Waals surface area contributed by atoms with Crippen LogP contribution in [0.5, 0.6) is 0 Å². The molecule has 112 valence electrons. The van der Waals surface area contributed by atoms with Gasteiger partial charge in [0.15, 0.2) is 0 Å². The molecule has 0 saturated carbocycles. The van der Waals surface area contributed by atoms with Gasteiger partial charge in [0, 0.05) is 17.5 Å². The van der Waals surface area contributed by atoms with Crippen molar-refractivity contribution in [3.63, 3.8) is 0 Å². The van der Waals surface area contributed by atoms with Gasteiger partial charge in [-0.05, 0) is 31.5 Å². The molecule has 0 spiro atoms. The van der Waals surface area contributed by atoms with Crippen LogP contribution in [-0.4, -0.2) is 10.9 Å². The Balaban J connectivity index is 1.93. The minimum Gasteiger partial charge on any atom is -0.326 e. The van der Waals surface area contributed by atoms with Crippen LogP contribution in [0.3, 0.4) is 0 Å². The summed E-state index contributed by atoms with van der Waals surface area (Å²) in [4.78, 5) is 16.0. The summed E-state index contributed by atoms with van der Waals surface area (Å²) in [6, 6.07) is 4.58. The highest BCUT2D eigenvalue weighted by molar-refractivity contribution is 7.09. The highest BCUT2D eigenvalue weighted by Gasteiger charge is 2.30. The Bertz CT molecular complexity index is 637. The Morgan fingerprint density at radius 3 is 2.76 bits per heavy atom. The molecule has 0 aliphatic heterocycles. The smallest absolute Gasteiger partial charge is 0.326 e. The second-order valence-electron chi connectivity index (χ2n) is 4.48. The van der Waals surface area contributed by atoms with Crippen molar-refractivity contribution >= 4 is 22.9 Å². The molecule has 0 atom stereocenters. The predicted molar refractivity (Wildman–Crippen MR) is 75.2 cm³/mol. The maximum Gasteiger partial charge on any atom is 0.416 e. The van der Waals surface area contributed by atoms with Crippen molar-refractivity contribution < 1.29 is 18.0 Å². The number of carbonyl (C=O) groups excluding carboxylic acids is 1. The maximum absolute atomic E-state index is 12.6. The number of carbonyl (C=O) groups is 1. The Hall–Kier alpha value is -1.89. The molecule has 2 rings (SSSR count). The van der Waals surface area contributed by atoms with Gasteiger partial charge in [-0.2, -0.15) is 13.2 Å². The van der Waals surface area contributed by atoms with E-state index in [0.717, 1.165) is 22.8 Å². The zero-order valence-corrected chi connectivity index (χ0v) is 12.0. The lowest BCUT2D eigenvalue weighted by molar-refractivity contribution is -0.137. The highest BCUT2D eigenvalue weighted by Crippen LogP contribution is 2.30. The average Bonchev–Trinajstić information content (AvgIpc) is 2.82. The first-order chi connectivity index (χ1) is 9.84. The van der Waals surface area contributed by atoms with Crippen LogP contribution in [0, 0.1) is 6.92 Å². The normalized spacial score (nSPS) is 11.4. The fourth-order valence-electron chi connectivity index (χ4n) is 1.76. The van der Waals surface area contributed by atoms with E-state index in [2.05, 4.69) is 10.3 Å².